The van der Waals surface area contributed by atoms with Gasteiger partial charge in [0.15, 0.2) is 5.69 Å². The van der Waals surface area contributed by atoms with Crippen LogP contribution in [-0.4, -0.2) is 12.0 Å². The van der Waals surface area contributed by atoms with Gasteiger partial charge in [-0.05, 0) is 31.0 Å². The van der Waals surface area contributed by atoms with Gasteiger partial charge < -0.3 is 5.32 Å². The first-order valence-corrected chi connectivity index (χ1v) is 7.59. The number of hydrogen-bond acceptors (Lipinski definition) is 3. The van der Waals surface area contributed by atoms with Gasteiger partial charge in [-0.1, -0.05) is 24.3 Å². The molecule has 1 heterocycles. The van der Waals surface area contributed by atoms with Crippen LogP contribution in [0.25, 0.3) is 0 Å². The minimum absolute atomic E-state index is 0.0686. The van der Waals surface area contributed by atoms with E-state index >= 15 is 0 Å². The lowest BCUT2D eigenvalue weighted by Crippen LogP contribution is -2.13. The smallest absolute Gasteiger partial charge is 0.315 e. The zero-order valence-electron chi connectivity index (χ0n) is 11.5. The lowest BCUT2D eigenvalue weighted by atomic mass is 10.1. The third-order valence-corrected chi connectivity index (χ3v) is 4.94. The molecule has 0 fully saturated rings. The van der Waals surface area contributed by atoms with Crippen LogP contribution in [0.5, 0.6) is 0 Å². The number of alkyl halides is 3. The molecule has 0 atom stereocenters. The molecule has 0 unspecified atom stereocenters. The van der Waals surface area contributed by atoms with E-state index in [1.54, 1.807) is 7.05 Å². The average Bonchev–Trinajstić information content (AvgIpc) is 3.01. The van der Waals surface area contributed by atoms with Crippen molar-refractivity contribution in [2.75, 3.05) is 7.05 Å². The lowest BCUT2D eigenvalue weighted by molar-refractivity contribution is -0.141. The third-order valence-electron chi connectivity index (χ3n) is 3.72. The molecule has 3 rings (SSSR count). The summed E-state index contributed by atoms with van der Waals surface area (Å²) in [4.78, 5) is 4.19. The van der Waals surface area contributed by atoms with Gasteiger partial charge in [0.2, 0.25) is 0 Å². The molecule has 21 heavy (non-hydrogen) atoms. The van der Waals surface area contributed by atoms with Crippen LogP contribution in [0.4, 0.5) is 13.2 Å². The molecule has 0 aliphatic heterocycles. The monoisotopic (exact) mass is 312 g/mol. The summed E-state index contributed by atoms with van der Waals surface area (Å²) >= 11 is 1.19. The molecule has 6 heteroatoms. The maximum atomic E-state index is 13.1. The summed E-state index contributed by atoms with van der Waals surface area (Å²) in [5.74, 6) is 0.0686. The van der Waals surface area contributed by atoms with Crippen LogP contribution in [0.2, 0.25) is 0 Å². The Morgan fingerprint density at radius 1 is 1.24 bits per heavy atom. The number of benzene rings is 1. The van der Waals surface area contributed by atoms with Gasteiger partial charge in [-0.15, -0.1) is 11.3 Å². The number of hydrogen-bond donors (Lipinski definition) is 1. The van der Waals surface area contributed by atoms with Gasteiger partial charge in [-0.25, -0.2) is 4.98 Å². The highest BCUT2D eigenvalue weighted by Gasteiger charge is 2.38. The number of nitrogens with one attached hydrogen (secondary N) is 1. The molecule has 0 saturated heterocycles. The van der Waals surface area contributed by atoms with E-state index < -0.39 is 11.9 Å². The molecule has 1 aromatic heterocycles. The summed E-state index contributed by atoms with van der Waals surface area (Å²) in [6.45, 7) is 0.201. The highest BCUT2D eigenvalue weighted by molar-refractivity contribution is 7.11. The van der Waals surface area contributed by atoms with Gasteiger partial charge in [0, 0.05) is 12.5 Å². The summed E-state index contributed by atoms with van der Waals surface area (Å²) in [7, 11) is 1.64. The number of nitrogens with zero attached hydrogens (tertiary/aromatic N) is 1. The summed E-state index contributed by atoms with van der Waals surface area (Å²) in [6, 6.07) is 8.03. The Morgan fingerprint density at radius 3 is 2.38 bits per heavy atom. The second kappa shape index (κ2) is 5.42. The number of halogens is 3. The number of thiazole rings is 1. The second-order valence-electron chi connectivity index (χ2n) is 5.23. The Hall–Kier alpha value is -1.40. The Kier molecular flexibility index (Phi) is 3.75. The summed E-state index contributed by atoms with van der Waals surface area (Å²) in [5, 5.41) is 3.39. The third kappa shape index (κ3) is 2.82. The number of fused-ring (bicyclic) bond motifs is 1. The fourth-order valence-electron chi connectivity index (χ4n) is 2.78. The zero-order valence-corrected chi connectivity index (χ0v) is 12.3. The Labute approximate surface area is 125 Å². The second-order valence-corrected chi connectivity index (χ2v) is 6.34. The molecule has 0 saturated carbocycles. The minimum atomic E-state index is -4.38. The lowest BCUT2D eigenvalue weighted by Gasteiger charge is -2.05. The fourth-order valence-corrected chi connectivity index (χ4v) is 3.98. The quantitative estimate of drug-likeness (QED) is 0.933. The van der Waals surface area contributed by atoms with E-state index in [1.807, 2.05) is 24.3 Å². The minimum Gasteiger partial charge on any atom is -0.315 e. The summed E-state index contributed by atoms with van der Waals surface area (Å²) < 4.78 is 39.2. The van der Waals surface area contributed by atoms with Gasteiger partial charge in [0.05, 0.1) is 9.88 Å². The molecule has 1 aliphatic carbocycles. The molecule has 0 amide bonds. The van der Waals surface area contributed by atoms with Crippen LogP contribution < -0.4 is 5.32 Å². The maximum absolute atomic E-state index is 13.1. The van der Waals surface area contributed by atoms with Crippen molar-refractivity contribution in [1.82, 2.24) is 10.3 Å². The molecular weight excluding hydrogens is 297 g/mol. The molecule has 112 valence electrons. The predicted molar refractivity (Wildman–Crippen MR) is 76.5 cm³/mol. The van der Waals surface area contributed by atoms with E-state index in [9.17, 15) is 13.2 Å². The number of rotatable bonds is 3. The molecular formula is C15H15F3N2S. The number of aromatic nitrogens is 1. The first-order valence-electron chi connectivity index (χ1n) is 6.77. The Bertz CT molecular complexity index is 624. The van der Waals surface area contributed by atoms with E-state index in [1.165, 1.54) is 22.5 Å². The fraction of sp³-hybridized carbons (Fsp3) is 0.400. The standard InChI is InChI=1S/C15H15F3N2S/c1-19-8-12-13(15(16,17)18)20-14(21-12)11-6-9-4-2-3-5-10(9)7-11/h2-5,11,19H,6-8H2,1H3. The molecule has 0 bridgehead atoms. The maximum Gasteiger partial charge on any atom is 0.434 e. The van der Waals surface area contributed by atoms with Crippen LogP contribution in [-0.2, 0) is 25.6 Å². The molecule has 1 N–H and O–H groups in total. The SMILES string of the molecule is CNCc1sc(C2Cc3ccccc3C2)nc1C(F)(F)F. The first-order chi connectivity index (χ1) is 9.99. The van der Waals surface area contributed by atoms with Crippen molar-refractivity contribution in [1.29, 1.82) is 0 Å². The largest absolute Gasteiger partial charge is 0.434 e. The van der Waals surface area contributed by atoms with Crippen molar-refractivity contribution in [3.05, 3.63) is 51.0 Å². The molecule has 2 nitrogen and oxygen atoms in total. The van der Waals surface area contributed by atoms with Crippen molar-refractivity contribution in [2.45, 2.75) is 31.5 Å². The van der Waals surface area contributed by atoms with Crippen molar-refractivity contribution < 1.29 is 13.2 Å². The van der Waals surface area contributed by atoms with Gasteiger partial charge in [0.25, 0.3) is 0 Å². The predicted octanol–water partition coefficient (Wildman–Crippen LogP) is 3.76. The highest BCUT2D eigenvalue weighted by atomic mass is 32.1. The van der Waals surface area contributed by atoms with Crippen molar-refractivity contribution in [2.24, 2.45) is 0 Å². The van der Waals surface area contributed by atoms with E-state index in [-0.39, 0.29) is 17.3 Å². The van der Waals surface area contributed by atoms with E-state index in [2.05, 4.69) is 10.3 Å². The summed E-state index contributed by atoms with van der Waals surface area (Å²) in [6.07, 6.45) is -2.83. The molecule has 2 aromatic rings. The van der Waals surface area contributed by atoms with Crippen LogP contribution in [0.15, 0.2) is 24.3 Å². The molecule has 1 aliphatic rings. The van der Waals surface area contributed by atoms with Gasteiger partial charge in [-0.2, -0.15) is 13.2 Å². The highest BCUT2D eigenvalue weighted by Crippen LogP contribution is 2.40. The van der Waals surface area contributed by atoms with E-state index in [0.717, 1.165) is 12.8 Å². The van der Waals surface area contributed by atoms with Crippen molar-refractivity contribution in [3.8, 4) is 0 Å². The normalized spacial score (nSPS) is 15.4. The molecule has 0 spiro atoms. The zero-order chi connectivity index (χ0) is 15.0. The van der Waals surface area contributed by atoms with Crippen LogP contribution >= 0.6 is 11.3 Å². The average molecular weight is 312 g/mol. The van der Waals surface area contributed by atoms with E-state index in [0.29, 0.717) is 5.01 Å². The Morgan fingerprint density at radius 2 is 1.86 bits per heavy atom. The summed E-state index contributed by atoms with van der Waals surface area (Å²) in [5.41, 5.74) is 1.72. The first kappa shape index (κ1) is 14.5. The van der Waals surface area contributed by atoms with Crippen LogP contribution in [0.1, 0.15) is 32.6 Å². The van der Waals surface area contributed by atoms with Crippen molar-refractivity contribution in [3.63, 3.8) is 0 Å². The Balaban J connectivity index is 1.91. The van der Waals surface area contributed by atoms with Gasteiger partial charge in [0.1, 0.15) is 0 Å². The topological polar surface area (TPSA) is 24.9 Å². The molecule has 1 aromatic carbocycles. The van der Waals surface area contributed by atoms with Crippen LogP contribution in [0.3, 0.4) is 0 Å². The van der Waals surface area contributed by atoms with Crippen LogP contribution in [0, 0.1) is 0 Å². The molecule has 0 radical (unpaired) electrons. The van der Waals surface area contributed by atoms with Gasteiger partial charge in [-0.3, -0.25) is 0 Å². The van der Waals surface area contributed by atoms with Gasteiger partial charge >= 0.3 is 6.18 Å². The van der Waals surface area contributed by atoms with E-state index in [4.69, 9.17) is 0 Å². The van der Waals surface area contributed by atoms with Crippen molar-refractivity contribution >= 4 is 11.3 Å².